The first kappa shape index (κ1) is 7.87. The number of ether oxygens (including phenoxy) is 1. The zero-order valence-corrected chi connectivity index (χ0v) is 6.55. The van der Waals surface area contributed by atoms with Crippen LogP contribution in [0.25, 0.3) is 0 Å². The van der Waals surface area contributed by atoms with E-state index >= 15 is 0 Å². The maximum Gasteiger partial charge on any atom is 0.367 e. The third-order valence-electron chi connectivity index (χ3n) is 1.00. The number of methoxy groups -OCH3 is 1. The van der Waals surface area contributed by atoms with Crippen LogP contribution in [0.4, 0.5) is 0 Å². The fraction of sp³-hybridized carbons (Fsp3) is 0.167. The molecule has 0 saturated carbocycles. The van der Waals surface area contributed by atoms with Gasteiger partial charge in [0.1, 0.15) is 5.69 Å². The maximum absolute atomic E-state index is 10.8. The number of hydrogen-bond acceptors (Lipinski definition) is 5. The monoisotopic (exact) mass is 171 g/mol. The summed E-state index contributed by atoms with van der Waals surface area (Å²) in [5.74, 6) is -0.511. The van der Waals surface area contributed by atoms with Gasteiger partial charge in [-0.2, -0.15) is 0 Å². The molecule has 0 atom stereocenters. The lowest BCUT2D eigenvalue weighted by Crippen LogP contribution is -2.00. The van der Waals surface area contributed by atoms with Crippen LogP contribution in [0.3, 0.4) is 0 Å². The van der Waals surface area contributed by atoms with E-state index in [0.29, 0.717) is 6.29 Å². The molecular formula is C6H5NO3S. The largest absolute Gasteiger partial charge is 0.464 e. The van der Waals surface area contributed by atoms with Crippen molar-refractivity contribution in [2.24, 2.45) is 0 Å². The number of nitrogens with zero attached hydrogens (tertiary/aromatic N) is 1. The van der Waals surface area contributed by atoms with Crippen LogP contribution >= 0.6 is 11.3 Å². The smallest absolute Gasteiger partial charge is 0.367 e. The van der Waals surface area contributed by atoms with Gasteiger partial charge in [-0.25, -0.2) is 9.78 Å². The highest BCUT2D eigenvalue weighted by Crippen LogP contribution is 2.08. The molecule has 0 bridgehead atoms. The zero-order chi connectivity index (χ0) is 8.27. The van der Waals surface area contributed by atoms with E-state index in [1.165, 1.54) is 12.5 Å². The molecular weight excluding hydrogens is 166 g/mol. The Morgan fingerprint density at radius 2 is 2.55 bits per heavy atom. The van der Waals surface area contributed by atoms with Gasteiger partial charge in [-0.15, -0.1) is 11.3 Å². The van der Waals surface area contributed by atoms with Crippen molar-refractivity contribution in [3.63, 3.8) is 0 Å². The number of aldehydes is 1. The van der Waals surface area contributed by atoms with E-state index in [-0.39, 0.29) is 10.7 Å². The molecule has 1 rings (SSSR count). The minimum atomic E-state index is -0.511. The molecule has 0 amide bonds. The van der Waals surface area contributed by atoms with Crippen LogP contribution < -0.4 is 0 Å². The SMILES string of the molecule is COC(=O)c1nc(C=O)cs1. The lowest BCUT2D eigenvalue weighted by Gasteiger charge is -1.89. The molecule has 0 aliphatic carbocycles. The average Bonchev–Trinajstić information content (AvgIpc) is 2.50. The minimum absolute atomic E-state index is 0.203. The highest BCUT2D eigenvalue weighted by molar-refractivity contribution is 7.11. The van der Waals surface area contributed by atoms with Crippen LogP contribution in [-0.4, -0.2) is 24.3 Å². The summed E-state index contributed by atoms with van der Waals surface area (Å²) in [5, 5.41) is 1.70. The molecule has 1 heterocycles. The van der Waals surface area contributed by atoms with Gasteiger partial charge in [0.25, 0.3) is 0 Å². The normalized spacial score (nSPS) is 9.18. The summed E-state index contributed by atoms with van der Waals surface area (Å²) in [4.78, 5) is 24.6. The Morgan fingerprint density at radius 1 is 1.82 bits per heavy atom. The van der Waals surface area contributed by atoms with Gasteiger partial charge in [0.15, 0.2) is 6.29 Å². The molecule has 4 nitrogen and oxygen atoms in total. The fourth-order valence-electron chi connectivity index (χ4n) is 0.521. The van der Waals surface area contributed by atoms with Gasteiger partial charge in [-0.05, 0) is 0 Å². The number of carbonyl (C=O) groups excluding carboxylic acids is 2. The van der Waals surface area contributed by atoms with E-state index in [1.54, 1.807) is 0 Å². The fourth-order valence-corrected chi connectivity index (χ4v) is 1.20. The summed E-state index contributed by atoms with van der Waals surface area (Å²) in [7, 11) is 1.27. The zero-order valence-electron chi connectivity index (χ0n) is 5.73. The van der Waals surface area contributed by atoms with Gasteiger partial charge in [0.05, 0.1) is 7.11 Å². The van der Waals surface area contributed by atoms with Crippen LogP contribution in [0, 0.1) is 0 Å². The first-order valence-electron chi connectivity index (χ1n) is 2.77. The molecule has 0 radical (unpaired) electrons. The van der Waals surface area contributed by atoms with Gasteiger partial charge in [0.2, 0.25) is 5.01 Å². The molecule has 58 valence electrons. The van der Waals surface area contributed by atoms with Crippen LogP contribution in [0.5, 0.6) is 0 Å². The predicted molar refractivity (Wildman–Crippen MR) is 38.8 cm³/mol. The van der Waals surface area contributed by atoms with Crippen LogP contribution in [0.15, 0.2) is 5.38 Å². The van der Waals surface area contributed by atoms with Gasteiger partial charge in [-0.1, -0.05) is 0 Å². The summed E-state index contributed by atoms with van der Waals surface area (Å²) in [5.41, 5.74) is 0.260. The highest BCUT2D eigenvalue weighted by atomic mass is 32.1. The van der Waals surface area contributed by atoms with E-state index in [4.69, 9.17) is 0 Å². The van der Waals surface area contributed by atoms with Crippen LogP contribution in [0.1, 0.15) is 20.3 Å². The first-order chi connectivity index (χ1) is 5.27. The lowest BCUT2D eigenvalue weighted by atomic mass is 10.5. The summed E-state index contributed by atoms with van der Waals surface area (Å²) in [6, 6.07) is 0. The first-order valence-corrected chi connectivity index (χ1v) is 3.65. The highest BCUT2D eigenvalue weighted by Gasteiger charge is 2.09. The Balaban J connectivity index is 2.88. The van der Waals surface area contributed by atoms with E-state index in [2.05, 4.69) is 9.72 Å². The third kappa shape index (κ3) is 1.62. The summed E-state index contributed by atoms with van der Waals surface area (Å²) >= 11 is 1.09. The number of thiazole rings is 1. The van der Waals surface area contributed by atoms with Crippen molar-refractivity contribution in [2.75, 3.05) is 7.11 Å². The van der Waals surface area contributed by atoms with Crippen molar-refractivity contribution < 1.29 is 14.3 Å². The molecule has 0 aliphatic heterocycles. The quantitative estimate of drug-likeness (QED) is 0.486. The molecule has 0 aromatic carbocycles. The molecule has 0 aliphatic rings. The second-order valence-electron chi connectivity index (χ2n) is 1.69. The molecule has 0 fully saturated rings. The molecule has 11 heavy (non-hydrogen) atoms. The van der Waals surface area contributed by atoms with E-state index in [9.17, 15) is 9.59 Å². The number of hydrogen-bond donors (Lipinski definition) is 0. The van der Waals surface area contributed by atoms with Gasteiger partial charge in [0, 0.05) is 5.38 Å². The van der Waals surface area contributed by atoms with Gasteiger partial charge >= 0.3 is 5.97 Å². The summed E-state index contributed by atoms with van der Waals surface area (Å²) in [6.45, 7) is 0. The second-order valence-corrected chi connectivity index (χ2v) is 2.55. The topological polar surface area (TPSA) is 56.3 Å². The Kier molecular flexibility index (Phi) is 2.32. The van der Waals surface area contributed by atoms with Gasteiger partial charge < -0.3 is 4.74 Å². The van der Waals surface area contributed by atoms with Crippen LogP contribution in [-0.2, 0) is 4.74 Å². The molecule has 0 saturated heterocycles. The van der Waals surface area contributed by atoms with Crippen molar-refractivity contribution in [1.29, 1.82) is 0 Å². The number of rotatable bonds is 2. The Morgan fingerprint density at radius 3 is 3.00 bits per heavy atom. The Bertz CT molecular complexity index is 281. The minimum Gasteiger partial charge on any atom is -0.464 e. The molecule has 1 aromatic heterocycles. The van der Waals surface area contributed by atoms with Crippen molar-refractivity contribution >= 4 is 23.6 Å². The van der Waals surface area contributed by atoms with E-state index in [0.717, 1.165) is 11.3 Å². The van der Waals surface area contributed by atoms with Crippen LogP contribution in [0.2, 0.25) is 0 Å². The number of aromatic nitrogens is 1. The lowest BCUT2D eigenvalue weighted by molar-refractivity contribution is 0.0600. The average molecular weight is 171 g/mol. The standard InChI is InChI=1S/C6H5NO3S/c1-10-6(9)5-7-4(2-8)3-11-5/h2-3H,1H3. The number of esters is 1. The Labute approximate surface area is 66.8 Å². The van der Waals surface area contributed by atoms with Crippen molar-refractivity contribution in [3.05, 3.63) is 16.1 Å². The Hall–Kier alpha value is -1.23. The third-order valence-corrected chi connectivity index (χ3v) is 1.84. The number of carbonyl (C=O) groups is 2. The maximum atomic E-state index is 10.8. The van der Waals surface area contributed by atoms with Crippen molar-refractivity contribution in [3.8, 4) is 0 Å². The predicted octanol–water partition coefficient (Wildman–Crippen LogP) is 0.742. The molecule has 0 unspecified atom stereocenters. The van der Waals surface area contributed by atoms with Crippen molar-refractivity contribution in [2.45, 2.75) is 0 Å². The second kappa shape index (κ2) is 3.25. The van der Waals surface area contributed by atoms with Crippen molar-refractivity contribution in [1.82, 2.24) is 4.98 Å². The van der Waals surface area contributed by atoms with E-state index < -0.39 is 5.97 Å². The summed E-state index contributed by atoms with van der Waals surface area (Å²) < 4.78 is 4.39. The molecule has 5 heteroatoms. The summed E-state index contributed by atoms with van der Waals surface area (Å²) in [6.07, 6.45) is 0.586. The molecule has 0 spiro atoms. The molecule has 1 aromatic rings. The van der Waals surface area contributed by atoms with E-state index in [1.807, 2.05) is 0 Å². The molecule has 0 N–H and O–H groups in total. The van der Waals surface area contributed by atoms with Gasteiger partial charge in [-0.3, -0.25) is 4.79 Å².